The summed E-state index contributed by atoms with van der Waals surface area (Å²) in [5.74, 6) is 1.18. The smallest absolute Gasteiger partial charge is 0.134 e. The van der Waals surface area contributed by atoms with E-state index in [9.17, 15) is 9.90 Å². The van der Waals surface area contributed by atoms with Crippen LogP contribution in [-0.4, -0.2) is 40.5 Å². The van der Waals surface area contributed by atoms with Crippen molar-refractivity contribution >= 4 is 5.78 Å². The highest BCUT2D eigenvalue weighted by Crippen LogP contribution is 2.57. The van der Waals surface area contributed by atoms with Crippen molar-refractivity contribution in [1.82, 2.24) is 4.90 Å². The molecule has 1 aromatic rings. The summed E-state index contributed by atoms with van der Waals surface area (Å²) in [7, 11) is 0. The van der Waals surface area contributed by atoms with Gasteiger partial charge in [0.05, 0.1) is 5.60 Å². The molecule has 3 nitrogen and oxygen atoms in total. The van der Waals surface area contributed by atoms with Crippen molar-refractivity contribution in [3.63, 3.8) is 0 Å². The summed E-state index contributed by atoms with van der Waals surface area (Å²) in [4.78, 5) is 15.0. The summed E-state index contributed by atoms with van der Waals surface area (Å²) in [5, 5.41) is 11.9. The third-order valence-electron chi connectivity index (χ3n) is 7.31. The molecule has 4 aliphatic rings. The number of hydrogen-bond donors (Lipinski definition) is 1. The van der Waals surface area contributed by atoms with Crippen molar-refractivity contribution in [2.24, 2.45) is 5.92 Å². The van der Waals surface area contributed by atoms with Gasteiger partial charge in [-0.3, -0.25) is 9.69 Å². The molecule has 2 saturated carbocycles. The Hall–Kier alpha value is -1.19. The van der Waals surface area contributed by atoms with Gasteiger partial charge in [0.1, 0.15) is 5.78 Å². The minimum Gasteiger partial charge on any atom is -0.387 e. The predicted molar refractivity (Wildman–Crippen MR) is 93.1 cm³/mol. The van der Waals surface area contributed by atoms with E-state index in [1.807, 2.05) is 0 Å². The fourth-order valence-corrected chi connectivity index (χ4v) is 5.86. The van der Waals surface area contributed by atoms with Crippen LogP contribution in [0, 0.1) is 12.8 Å². The first kappa shape index (κ1) is 15.1. The molecule has 0 radical (unpaired) electrons. The zero-order valence-corrected chi connectivity index (χ0v) is 14.6. The first-order valence-corrected chi connectivity index (χ1v) is 9.60. The van der Waals surface area contributed by atoms with E-state index in [2.05, 4.69) is 30.0 Å². The van der Waals surface area contributed by atoms with Crippen LogP contribution in [-0.2, 0) is 16.6 Å². The summed E-state index contributed by atoms with van der Waals surface area (Å²) in [6.45, 7) is 4.29. The average Bonchev–Trinajstić information content (AvgIpc) is 3.36. The van der Waals surface area contributed by atoms with Crippen molar-refractivity contribution in [2.45, 2.75) is 68.9 Å². The summed E-state index contributed by atoms with van der Waals surface area (Å²) >= 11 is 0. The van der Waals surface area contributed by atoms with E-state index in [0.29, 0.717) is 25.0 Å². The molecule has 0 spiro atoms. The van der Waals surface area contributed by atoms with Crippen LogP contribution in [0.5, 0.6) is 0 Å². The topological polar surface area (TPSA) is 40.5 Å². The molecule has 3 atom stereocenters. The van der Waals surface area contributed by atoms with Crippen molar-refractivity contribution in [3.8, 4) is 0 Å². The quantitative estimate of drug-likeness (QED) is 0.909. The molecule has 24 heavy (non-hydrogen) atoms. The number of nitrogens with zero attached hydrogens (tertiary/aromatic N) is 1. The van der Waals surface area contributed by atoms with Gasteiger partial charge < -0.3 is 5.11 Å². The second-order valence-corrected chi connectivity index (χ2v) is 8.79. The van der Waals surface area contributed by atoms with Gasteiger partial charge in [-0.05, 0) is 62.6 Å². The molecule has 1 aliphatic heterocycles. The van der Waals surface area contributed by atoms with Crippen molar-refractivity contribution in [1.29, 1.82) is 0 Å². The Morgan fingerprint density at radius 1 is 1.29 bits per heavy atom. The average molecular weight is 325 g/mol. The molecular weight excluding hydrogens is 298 g/mol. The highest BCUT2D eigenvalue weighted by atomic mass is 16.3. The van der Waals surface area contributed by atoms with Crippen molar-refractivity contribution < 1.29 is 9.90 Å². The Labute approximate surface area is 144 Å². The lowest BCUT2D eigenvalue weighted by Gasteiger charge is -2.63. The molecule has 2 unspecified atom stereocenters. The van der Waals surface area contributed by atoms with Crippen LogP contribution < -0.4 is 0 Å². The zero-order chi connectivity index (χ0) is 16.5. The largest absolute Gasteiger partial charge is 0.387 e. The van der Waals surface area contributed by atoms with Crippen LogP contribution in [0.4, 0.5) is 0 Å². The van der Waals surface area contributed by atoms with Gasteiger partial charge in [-0.1, -0.05) is 23.8 Å². The number of rotatable bonds is 2. The Morgan fingerprint density at radius 3 is 2.92 bits per heavy atom. The molecule has 1 N–H and O–H groups in total. The van der Waals surface area contributed by atoms with E-state index < -0.39 is 5.60 Å². The molecule has 1 saturated heterocycles. The Balaban J connectivity index is 1.65. The normalized spacial score (nSPS) is 38.6. The molecular formula is C21H27NO2. The molecule has 5 rings (SSSR count). The highest BCUT2D eigenvalue weighted by Gasteiger charge is 2.64. The van der Waals surface area contributed by atoms with E-state index in [4.69, 9.17) is 0 Å². The number of hydrogen-bond acceptors (Lipinski definition) is 3. The molecule has 1 aromatic carbocycles. The fourth-order valence-electron chi connectivity index (χ4n) is 5.86. The lowest BCUT2D eigenvalue weighted by atomic mass is 9.49. The van der Waals surface area contributed by atoms with Crippen molar-refractivity contribution in [3.05, 3.63) is 34.9 Å². The number of likely N-dealkylation sites (tertiary alicyclic amines) is 1. The summed E-state index contributed by atoms with van der Waals surface area (Å²) < 4.78 is 0. The van der Waals surface area contributed by atoms with E-state index in [1.54, 1.807) is 0 Å². The van der Waals surface area contributed by atoms with Gasteiger partial charge in [0, 0.05) is 30.8 Å². The van der Waals surface area contributed by atoms with Crippen LogP contribution >= 0.6 is 0 Å². The van der Waals surface area contributed by atoms with Crippen LogP contribution in [0.25, 0.3) is 0 Å². The van der Waals surface area contributed by atoms with Crippen LogP contribution in [0.2, 0.25) is 0 Å². The number of aliphatic hydroxyl groups is 1. The minimum absolute atomic E-state index is 0.190. The number of carbonyl (C=O) groups excluding carboxylic acids is 1. The molecule has 3 aliphatic carbocycles. The molecule has 0 amide bonds. The fraction of sp³-hybridized carbons (Fsp3) is 0.667. The molecule has 1 heterocycles. The predicted octanol–water partition coefficient (Wildman–Crippen LogP) is 2.76. The molecule has 2 bridgehead atoms. The number of benzene rings is 1. The van der Waals surface area contributed by atoms with Gasteiger partial charge in [0.25, 0.3) is 0 Å². The maximum atomic E-state index is 12.4. The summed E-state index contributed by atoms with van der Waals surface area (Å²) in [5.41, 5.74) is 2.81. The standard InChI is InChI=1S/C21H27NO2/c1-14-2-5-16-11-19-21(24)7-6-17(23)12-20(21,18(16)10-14)8-9-22(19)13-15-3-4-15/h2,5,10,15,19,24H,3-4,6-9,11-13H2,1H3/t19?,20?,21-/m1/s1. The Morgan fingerprint density at radius 2 is 2.12 bits per heavy atom. The van der Waals surface area contributed by atoms with E-state index in [0.717, 1.165) is 31.8 Å². The van der Waals surface area contributed by atoms with Crippen molar-refractivity contribution in [2.75, 3.05) is 13.1 Å². The Kier molecular flexibility index (Phi) is 3.10. The second kappa shape index (κ2) is 4.92. The monoisotopic (exact) mass is 325 g/mol. The molecule has 0 aromatic heterocycles. The number of aryl methyl sites for hydroxylation is 1. The number of piperidine rings is 1. The molecule has 128 valence electrons. The summed E-state index contributed by atoms with van der Waals surface area (Å²) in [6.07, 6.45) is 6.29. The maximum Gasteiger partial charge on any atom is 0.134 e. The molecule has 3 fully saturated rings. The van der Waals surface area contributed by atoms with E-state index in [-0.39, 0.29) is 11.5 Å². The van der Waals surface area contributed by atoms with Gasteiger partial charge in [0.15, 0.2) is 0 Å². The molecule has 3 heteroatoms. The van der Waals surface area contributed by atoms with Crippen LogP contribution in [0.3, 0.4) is 0 Å². The minimum atomic E-state index is -0.727. The number of carbonyl (C=O) groups is 1. The first-order valence-electron chi connectivity index (χ1n) is 9.60. The van der Waals surface area contributed by atoms with Gasteiger partial charge in [-0.15, -0.1) is 0 Å². The third-order valence-corrected chi connectivity index (χ3v) is 7.31. The maximum absolute atomic E-state index is 12.4. The van der Waals surface area contributed by atoms with E-state index >= 15 is 0 Å². The lowest BCUT2D eigenvalue weighted by Crippen LogP contribution is -2.73. The summed E-state index contributed by atoms with van der Waals surface area (Å²) in [6, 6.07) is 6.88. The number of fused-ring (bicyclic) bond motifs is 1. The lowest BCUT2D eigenvalue weighted by molar-refractivity contribution is -0.172. The van der Waals surface area contributed by atoms with Gasteiger partial charge >= 0.3 is 0 Å². The highest BCUT2D eigenvalue weighted by molar-refractivity contribution is 5.82. The second-order valence-electron chi connectivity index (χ2n) is 8.79. The van der Waals surface area contributed by atoms with Crippen LogP contribution in [0.15, 0.2) is 18.2 Å². The number of ketones is 1. The Bertz CT molecular complexity index is 710. The zero-order valence-electron chi connectivity index (χ0n) is 14.6. The first-order chi connectivity index (χ1) is 11.5. The van der Waals surface area contributed by atoms with E-state index in [1.165, 1.54) is 29.5 Å². The van der Waals surface area contributed by atoms with Gasteiger partial charge in [-0.2, -0.15) is 0 Å². The number of Topliss-reactive ketones (excluding diaryl/α,β-unsaturated/α-hetero) is 1. The third kappa shape index (κ3) is 1.94. The van der Waals surface area contributed by atoms with Crippen LogP contribution in [0.1, 0.15) is 55.2 Å². The van der Waals surface area contributed by atoms with Gasteiger partial charge in [-0.25, -0.2) is 0 Å². The van der Waals surface area contributed by atoms with Gasteiger partial charge in [0.2, 0.25) is 0 Å². The SMILES string of the molecule is Cc1ccc2c(c1)C13CCN(CC4CC4)C(C2)[C@]1(O)CCC(=O)C3.